The van der Waals surface area contributed by atoms with E-state index in [0.717, 1.165) is 0 Å². The molecular formula is C22H31FN4O5S. The number of anilines is 2. The number of halogens is 1. The van der Waals surface area contributed by atoms with Crippen LogP contribution in [0.5, 0.6) is 0 Å². The maximum absolute atomic E-state index is 14.9. The van der Waals surface area contributed by atoms with Crippen molar-refractivity contribution in [3.8, 4) is 0 Å². The Balaban J connectivity index is 1.56. The van der Waals surface area contributed by atoms with Gasteiger partial charge in [-0.1, -0.05) is 0 Å². The first-order valence-electron chi connectivity index (χ1n) is 10.8. The number of piperazine rings is 1. The second-order valence-corrected chi connectivity index (χ2v) is 9.80. The smallest absolute Gasteiger partial charge is 0.414 e. The monoisotopic (exact) mass is 482 g/mol. The van der Waals surface area contributed by atoms with Crippen LogP contribution in [0.25, 0.3) is 0 Å². The zero-order chi connectivity index (χ0) is 24.2. The summed E-state index contributed by atoms with van der Waals surface area (Å²) in [6, 6.07) is 4.63. The number of thioether (sulfide) groups is 1. The lowest BCUT2D eigenvalue weighted by atomic mass is 10.2. The van der Waals surface area contributed by atoms with Crippen molar-refractivity contribution in [1.29, 1.82) is 0 Å². The Morgan fingerprint density at radius 3 is 2.55 bits per heavy atom. The highest BCUT2D eigenvalue weighted by Gasteiger charge is 2.33. The van der Waals surface area contributed by atoms with Gasteiger partial charge in [-0.05, 0) is 45.2 Å². The summed E-state index contributed by atoms with van der Waals surface area (Å²) >= 11 is 1.49. The minimum absolute atomic E-state index is 0.0945. The average Bonchev–Trinajstić information content (AvgIpc) is 3.12. The molecule has 0 aromatic heterocycles. The molecule has 0 radical (unpaired) electrons. The number of carbonyl (C=O) groups excluding carboxylic acids is 3. The summed E-state index contributed by atoms with van der Waals surface area (Å²) in [5.74, 6) is 0.101. The first kappa shape index (κ1) is 24.9. The quantitative estimate of drug-likeness (QED) is 0.667. The molecule has 0 saturated carbocycles. The molecule has 11 heteroatoms. The van der Waals surface area contributed by atoms with Crippen LogP contribution in [0.3, 0.4) is 0 Å². The number of cyclic esters (lactones) is 1. The summed E-state index contributed by atoms with van der Waals surface area (Å²) in [4.78, 5) is 41.2. The molecule has 3 amide bonds. The summed E-state index contributed by atoms with van der Waals surface area (Å²) in [6.07, 6.45) is 0.127. The van der Waals surface area contributed by atoms with Gasteiger partial charge in [-0.25, -0.2) is 14.0 Å². The second-order valence-electron chi connectivity index (χ2n) is 8.94. The van der Waals surface area contributed by atoms with Gasteiger partial charge >= 0.3 is 12.2 Å². The summed E-state index contributed by atoms with van der Waals surface area (Å²) in [5, 5.41) is 2.58. The van der Waals surface area contributed by atoms with E-state index in [-0.39, 0.29) is 19.0 Å². The SMILES string of the molecule is CSCC(=O)N1CCN(c2ccc(N3CC(CNC(=O)OC(C)(C)C)OC3=O)cc2F)CC1. The van der Waals surface area contributed by atoms with Crippen LogP contribution in [0.4, 0.5) is 25.4 Å². The lowest BCUT2D eigenvalue weighted by Crippen LogP contribution is -2.49. The molecule has 1 unspecified atom stereocenters. The molecule has 182 valence electrons. The molecule has 1 aromatic carbocycles. The minimum atomic E-state index is -0.626. The Kier molecular flexibility index (Phi) is 7.93. The van der Waals surface area contributed by atoms with E-state index < -0.39 is 29.7 Å². The van der Waals surface area contributed by atoms with Gasteiger partial charge in [0.1, 0.15) is 17.5 Å². The highest BCUT2D eigenvalue weighted by Crippen LogP contribution is 2.28. The Labute approximate surface area is 197 Å². The van der Waals surface area contributed by atoms with E-state index in [1.165, 1.54) is 22.7 Å². The van der Waals surface area contributed by atoms with Crippen LogP contribution in [0.2, 0.25) is 0 Å². The van der Waals surface area contributed by atoms with Gasteiger partial charge in [-0.2, -0.15) is 11.8 Å². The molecule has 2 heterocycles. The number of ether oxygens (including phenoxy) is 2. The van der Waals surface area contributed by atoms with Gasteiger partial charge in [0.05, 0.1) is 30.2 Å². The highest BCUT2D eigenvalue weighted by atomic mass is 32.2. The van der Waals surface area contributed by atoms with E-state index in [1.54, 1.807) is 37.8 Å². The first-order chi connectivity index (χ1) is 15.6. The van der Waals surface area contributed by atoms with Crippen LogP contribution in [-0.4, -0.2) is 86.0 Å². The van der Waals surface area contributed by atoms with E-state index in [0.29, 0.717) is 43.3 Å². The van der Waals surface area contributed by atoms with E-state index in [2.05, 4.69) is 5.32 Å². The lowest BCUT2D eigenvalue weighted by molar-refractivity contribution is -0.128. The molecule has 1 aromatic rings. The molecule has 2 aliphatic rings. The average molecular weight is 483 g/mol. The van der Waals surface area contributed by atoms with Crippen LogP contribution < -0.4 is 15.1 Å². The molecule has 3 rings (SSSR count). The number of carbonyl (C=O) groups is 3. The number of hydrogen-bond donors (Lipinski definition) is 1. The summed E-state index contributed by atoms with van der Waals surface area (Å²) in [6.45, 7) is 7.73. The van der Waals surface area contributed by atoms with Gasteiger partial charge in [0.2, 0.25) is 5.91 Å². The molecule has 0 aliphatic carbocycles. The van der Waals surface area contributed by atoms with Crippen LogP contribution in [0.15, 0.2) is 18.2 Å². The Morgan fingerprint density at radius 2 is 1.94 bits per heavy atom. The van der Waals surface area contributed by atoms with Crippen LogP contribution in [0.1, 0.15) is 20.8 Å². The Hall–Kier alpha value is -2.69. The van der Waals surface area contributed by atoms with E-state index >= 15 is 0 Å². The maximum Gasteiger partial charge on any atom is 0.414 e. The van der Waals surface area contributed by atoms with Gasteiger partial charge in [-0.3, -0.25) is 9.69 Å². The summed E-state index contributed by atoms with van der Waals surface area (Å²) in [5.41, 5.74) is 0.194. The third-order valence-electron chi connectivity index (χ3n) is 5.23. The fraction of sp³-hybridized carbons (Fsp3) is 0.591. The minimum Gasteiger partial charge on any atom is -0.444 e. The number of hydrogen-bond acceptors (Lipinski definition) is 7. The number of rotatable bonds is 6. The Morgan fingerprint density at radius 1 is 1.24 bits per heavy atom. The highest BCUT2D eigenvalue weighted by molar-refractivity contribution is 7.99. The van der Waals surface area contributed by atoms with Crippen LogP contribution >= 0.6 is 11.8 Å². The molecule has 2 fully saturated rings. The topological polar surface area (TPSA) is 91.4 Å². The number of nitrogens with zero attached hydrogens (tertiary/aromatic N) is 3. The van der Waals surface area contributed by atoms with E-state index in [1.807, 2.05) is 11.2 Å². The maximum atomic E-state index is 14.9. The third kappa shape index (κ3) is 6.66. The molecule has 1 N–H and O–H groups in total. The number of benzene rings is 1. The van der Waals surface area contributed by atoms with Gasteiger partial charge in [0.25, 0.3) is 0 Å². The fourth-order valence-corrected chi connectivity index (χ4v) is 4.11. The number of alkyl carbamates (subject to hydrolysis) is 1. The van der Waals surface area contributed by atoms with Crippen molar-refractivity contribution >= 4 is 41.2 Å². The molecule has 9 nitrogen and oxygen atoms in total. The molecule has 2 saturated heterocycles. The van der Waals surface area contributed by atoms with Crippen molar-refractivity contribution < 1.29 is 28.2 Å². The summed E-state index contributed by atoms with van der Waals surface area (Å²) in [7, 11) is 0. The zero-order valence-electron chi connectivity index (χ0n) is 19.4. The zero-order valence-corrected chi connectivity index (χ0v) is 20.2. The van der Waals surface area contributed by atoms with Crippen LogP contribution in [-0.2, 0) is 14.3 Å². The molecule has 33 heavy (non-hydrogen) atoms. The molecule has 0 bridgehead atoms. The number of amides is 3. The Bertz CT molecular complexity index is 886. The van der Waals surface area contributed by atoms with Gasteiger partial charge in [-0.15, -0.1) is 0 Å². The fourth-order valence-electron chi connectivity index (χ4n) is 3.68. The molecule has 2 aliphatic heterocycles. The molecule has 1 atom stereocenters. The standard InChI is InChI=1S/C22H31FN4O5S/c1-22(2,3)32-20(29)24-12-16-13-27(21(30)31-16)15-5-6-18(17(23)11-15)25-7-9-26(10-8-25)19(28)14-33-4/h5-6,11,16H,7-10,12-14H2,1-4H3,(H,24,29). The van der Waals surface area contributed by atoms with Crippen molar-refractivity contribution in [2.75, 3.05) is 61.1 Å². The first-order valence-corrected chi connectivity index (χ1v) is 12.2. The van der Waals surface area contributed by atoms with Gasteiger partial charge in [0, 0.05) is 26.2 Å². The lowest BCUT2D eigenvalue weighted by Gasteiger charge is -2.36. The largest absolute Gasteiger partial charge is 0.444 e. The van der Waals surface area contributed by atoms with Crippen molar-refractivity contribution in [1.82, 2.24) is 10.2 Å². The third-order valence-corrected chi connectivity index (χ3v) is 5.77. The second kappa shape index (κ2) is 10.5. The van der Waals surface area contributed by atoms with Crippen molar-refractivity contribution in [3.05, 3.63) is 24.0 Å². The normalized spacial score (nSPS) is 18.9. The van der Waals surface area contributed by atoms with Gasteiger partial charge < -0.3 is 24.6 Å². The van der Waals surface area contributed by atoms with Crippen molar-refractivity contribution in [3.63, 3.8) is 0 Å². The number of nitrogens with one attached hydrogen (secondary N) is 1. The van der Waals surface area contributed by atoms with Gasteiger partial charge in [0.15, 0.2) is 0 Å². The molecule has 0 spiro atoms. The molecular weight excluding hydrogens is 451 g/mol. The van der Waals surface area contributed by atoms with Crippen molar-refractivity contribution in [2.24, 2.45) is 0 Å². The summed E-state index contributed by atoms with van der Waals surface area (Å²) < 4.78 is 25.4. The predicted octanol–water partition coefficient (Wildman–Crippen LogP) is 2.69. The predicted molar refractivity (Wildman–Crippen MR) is 125 cm³/mol. The van der Waals surface area contributed by atoms with Crippen LogP contribution in [0, 0.1) is 5.82 Å². The van der Waals surface area contributed by atoms with E-state index in [4.69, 9.17) is 9.47 Å². The van der Waals surface area contributed by atoms with E-state index in [9.17, 15) is 18.8 Å². The van der Waals surface area contributed by atoms with Crippen molar-refractivity contribution in [2.45, 2.75) is 32.5 Å².